The van der Waals surface area contributed by atoms with Crippen LogP contribution < -0.4 is 5.32 Å². The van der Waals surface area contributed by atoms with Crippen LogP contribution in [0.3, 0.4) is 0 Å². The van der Waals surface area contributed by atoms with Crippen molar-refractivity contribution in [3.63, 3.8) is 0 Å². The monoisotopic (exact) mass is 275 g/mol. The zero-order valence-electron chi connectivity index (χ0n) is 6.73. The lowest BCUT2D eigenvalue weighted by molar-refractivity contribution is 1.03. The predicted octanol–water partition coefficient (Wildman–Crippen LogP) is 3.79. The molecule has 1 aliphatic rings. The second-order valence-electron chi connectivity index (χ2n) is 2.94. The Kier molecular flexibility index (Phi) is 2.58. The van der Waals surface area contributed by atoms with Gasteiger partial charge in [0.1, 0.15) is 0 Å². The van der Waals surface area contributed by atoms with Gasteiger partial charge in [0.2, 0.25) is 0 Å². The molecule has 0 unspecified atom stereocenters. The predicted molar refractivity (Wildman–Crippen MR) is 63.7 cm³/mol. The van der Waals surface area contributed by atoms with Crippen molar-refractivity contribution in [2.45, 2.75) is 12.8 Å². The molecule has 1 aliphatic heterocycles. The molecule has 0 bridgehead atoms. The van der Waals surface area contributed by atoms with Crippen molar-refractivity contribution in [2.24, 2.45) is 0 Å². The smallest absolute Gasteiger partial charge is 0.0800 e. The number of anilines is 1. The minimum atomic E-state index is 0.799. The van der Waals surface area contributed by atoms with Crippen molar-refractivity contribution in [3.8, 4) is 0 Å². The molecule has 1 heterocycles. The van der Waals surface area contributed by atoms with Crippen LogP contribution in [-0.2, 0) is 6.42 Å². The van der Waals surface area contributed by atoms with Crippen molar-refractivity contribution in [3.05, 3.63) is 27.2 Å². The highest BCUT2D eigenvalue weighted by Crippen LogP contribution is 2.34. The molecule has 0 aliphatic carbocycles. The van der Waals surface area contributed by atoms with Crippen LogP contribution in [0.15, 0.2) is 16.6 Å². The lowest BCUT2D eigenvalue weighted by Crippen LogP contribution is -2.17. The maximum absolute atomic E-state index is 6.13. The van der Waals surface area contributed by atoms with Crippen molar-refractivity contribution >= 4 is 50.4 Å². The molecule has 2 rings (SSSR count). The summed E-state index contributed by atoms with van der Waals surface area (Å²) in [7, 11) is 0. The van der Waals surface area contributed by atoms with Gasteiger partial charge in [-0.05, 0) is 40.0 Å². The first-order chi connectivity index (χ1) is 6.18. The standard InChI is InChI=1S/C9H7BrClNS/c10-6-2-3-7-5(9(6)11)1-4-8(13)12-7/h2-3H,1,4H2,(H,12,13). The van der Waals surface area contributed by atoms with Gasteiger partial charge in [0.15, 0.2) is 0 Å². The van der Waals surface area contributed by atoms with Gasteiger partial charge in [-0.15, -0.1) is 0 Å². The van der Waals surface area contributed by atoms with Crippen molar-refractivity contribution in [1.29, 1.82) is 0 Å². The Morgan fingerprint density at radius 3 is 2.92 bits per heavy atom. The summed E-state index contributed by atoms with van der Waals surface area (Å²) in [5.74, 6) is 0. The number of fused-ring (bicyclic) bond motifs is 1. The summed E-state index contributed by atoms with van der Waals surface area (Å²) in [5.41, 5.74) is 2.20. The minimum absolute atomic E-state index is 0.799. The van der Waals surface area contributed by atoms with E-state index in [1.165, 1.54) is 0 Å². The lowest BCUT2D eigenvalue weighted by atomic mass is 10.0. The van der Waals surface area contributed by atoms with Gasteiger partial charge >= 0.3 is 0 Å². The summed E-state index contributed by atoms with van der Waals surface area (Å²) < 4.78 is 0.947. The van der Waals surface area contributed by atoms with E-state index in [0.717, 1.165) is 38.6 Å². The van der Waals surface area contributed by atoms with Crippen molar-refractivity contribution in [2.75, 3.05) is 5.32 Å². The van der Waals surface area contributed by atoms with Gasteiger partial charge in [-0.1, -0.05) is 23.8 Å². The van der Waals surface area contributed by atoms with Gasteiger partial charge in [-0.2, -0.15) is 0 Å². The largest absolute Gasteiger partial charge is 0.350 e. The van der Waals surface area contributed by atoms with E-state index in [-0.39, 0.29) is 0 Å². The Bertz CT molecular complexity index is 378. The van der Waals surface area contributed by atoms with E-state index in [2.05, 4.69) is 21.2 Å². The fraction of sp³-hybridized carbons (Fsp3) is 0.222. The van der Waals surface area contributed by atoms with Crippen LogP contribution in [0.1, 0.15) is 12.0 Å². The molecule has 1 N–H and O–H groups in total. The molecule has 0 radical (unpaired) electrons. The quantitative estimate of drug-likeness (QED) is 0.724. The van der Waals surface area contributed by atoms with E-state index >= 15 is 0 Å². The summed E-state index contributed by atoms with van der Waals surface area (Å²) in [6, 6.07) is 3.93. The number of hydrogen-bond acceptors (Lipinski definition) is 1. The first kappa shape index (κ1) is 9.44. The fourth-order valence-electron chi connectivity index (χ4n) is 1.41. The van der Waals surface area contributed by atoms with Gasteiger partial charge < -0.3 is 5.32 Å². The topological polar surface area (TPSA) is 12.0 Å². The number of thiocarbonyl (C=S) groups is 1. The maximum atomic E-state index is 6.13. The molecule has 4 heteroatoms. The van der Waals surface area contributed by atoms with Crippen molar-refractivity contribution < 1.29 is 0 Å². The first-order valence-corrected chi connectivity index (χ1v) is 5.53. The molecule has 68 valence electrons. The van der Waals surface area contributed by atoms with Gasteiger partial charge in [0.05, 0.1) is 10.0 Å². The van der Waals surface area contributed by atoms with Crippen LogP contribution in [0.25, 0.3) is 0 Å². The van der Waals surface area contributed by atoms with E-state index < -0.39 is 0 Å². The van der Waals surface area contributed by atoms with Gasteiger partial charge in [-0.25, -0.2) is 0 Å². The molecule has 1 aromatic carbocycles. The Morgan fingerprint density at radius 1 is 1.38 bits per heavy atom. The molecular weight excluding hydrogens is 270 g/mol. The number of rotatable bonds is 0. The van der Waals surface area contributed by atoms with Crippen LogP contribution in [0, 0.1) is 0 Å². The van der Waals surface area contributed by atoms with Crippen LogP contribution in [0.4, 0.5) is 5.69 Å². The zero-order valence-corrected chi connectivity index (χ0v) is 9.89. The third-order valence-corrected chi connectivity index (χ3v) is 3.70. The van der Waals surface area contributed by atoms with E-state index in [1.54, 1.807) is 0 Å². The third kappa shape index (κ3) is 1.73. The molecule has 0 amide bonds. The van der Waals surface area contributed by atoms with Gasteiger partial charge in [-0.3, -0.25) is 0 Å². The molecule has 0 aromatic heterocycles. The highest BCUT2D eigenvalue weighted by Gasteiger charge is 2.16. The number of nitrogens with one attached hydrogen (secondary N) is 1. The Hall–Kier alpha value is -0.120. The zero-order chi connectivity index (χ0) is 9.42. The molecule has 1 nitrogen and oxygen atoms in total. The van der Waals surface area contributed by atoms with Crippen molar-refractivity contribution in [1.82, 2.24) is 0 Å². The molecular formula is C9H7BrClNS. The third-order valence-electron chi connectivity index (χ3n) is 2.07. The molecule has 0 saturated carbocycles. The summed E-state index contributed by atoms with van der Waals surface area (Å²) in [5, 5.41) is 3.95. The second kappa shape index (κ2) is 3.56. The molecule has 0 atom stereocenters. The molecule has 0 saturated heterocycles. The average molecular weight is 277 g/mol. The van der Waals surface area contributed by atoms with E-state index in [1.807, 2.05) is 12.1 Å². The second-order valence-corrected chi connectivity index (χ2v) is 4.66. The van der Waals surface area contributed by atoms with Crippen LogP contribution in [0.5, 0.6) is 0 Å². The number of hydrogen-bond donors (Lipinski definition) is 1. The molecule has 0 fully saturated rings. The summed E-state index contributed by atoms with van der Waals surface area (Å²) >= 11 is 14.6. The molecule has 0 spiro atoms. The van der Waals surface area contributed by atoms with Crippen LogP contribution >= 0.6 is 39.7 Å². The highest BCUT2D eigenvalue weighted by atomic mass is 79.9. The van der Waals surface area contributed by atoms with E-state index in [4.69, 9.17) is 23.8 Å². The average Bonchev–Trinajstić information content (AvgIpc) is 2.12. The summed E-state index contributed by atoms with van der Waals surface area (Å²) in [4.78, 5) is 0.894. The normalized spacial score (nSPS) is 15.1. The molecule has 13 heavy (non-hydrogen) atoms. The number of benzene rings is 1. The maximum Gasteiger partial charge on any atom is 0.0800 e. The summed E-state index contributed by atoms with van der Waals surface area (Å²) in [6.07, 6.45) is 1.82. The highest BCUT2D eigenvalue weighted by molar-refractivity contribution is 9.10. The summed E-state index contributed by atoms with van der Waals surface area (Å²) in [6.45, 7) is 0. The lowest BCUT2D eigenvalue weighted by Gasteiger charge is -2.20. The van der Waals surface area contributed by atoms with Crippen LogP contribution in [-0.4, -0.2) is 4.99 Å². The minimum Gasteiger partial charge on any atom is -0.350 e. The van der Waals surface area contributed by atoms with Gasteiger partial charge in [0, 0.05) is 16.6 Å². The fourth-order valence-corrected chi connectivity index (χ4v) is 2.25. The van der Waals surface area contributed by atoms with Crippen LogP contribution in [0.2, 0.25) is 5.02 Å². The van der Waals surface area contributed by atoms with E-state index in [0.29, 0.717) is 0 Å². The number of halogens is 2. The Morgan fingerprint density at radius 2 is 2.15 bits per heavy atom. The first-order valence-electron chi connectivity index (χ1n) is 3.95. The van der Waals surface area contributed by atoms with E-state index in [9.17, 15) is 0 Å². The molecule has 1 aromatic rings. The Balaban J connectivity index is 2.53. The SMILES string of the molecule is S=C1CCc2c(ccc(Br)c2Cl)N1. The van der Waals surface area contributed by atoms with Gasteiger partial charge in [0.25, 0.3) is 0 Å². The Labute approximate surface area is 95.6 Å².